The number of aliphatic hydroxyl groups excluding tert-OH is 1. The lowest BCUT2D eigenvalue weighted by atomic mass is 9.91. The Kier molecular flexibility index (Phi) is 6.05. The van der Waals surface area contributed by atoms with Crippen molar-refractivity contribution in [1.29, 1.82) is 0 Å². The molecule has 0 amide bonds. The minimum atomic E-state index is -0.277. The molecule has 0 spiro atoms. The molecule has 0 aliphatic rings. The van der Waals surface area contributed by atoms with Crippen molar-refractivity contribution >= 4 is 0 Å². The number of rotatable bonds is 7. The summed E-state index contributed by atoms with van der Waals surface area (Å²) in [5.41, 5.74) is -0.132. The first-order valence-corrected chi connectivity index (χ1v) is 5.54. The van der Waals surface area contributed by atoms with E-state index < -0.39 is 0 Å². The maximum atomic E-state index is 10.1. The molecule has 0 aromatic rings. The third-order valence-corrected chi connectivity index (χ3v) is 3.04. The topological polar surface area (TPSA) is 23.5 Å². The average molecular weight is 199 g/mol. The smallest absolute Gasteiger partial charge is 0.0721 e. The van der Waals surface area contributed by atoms with Crippen molar-refractivity contribution in [2.24, 2.45) is 0 Å². The van der Waals surface area contributed by atoms with Crippen LogP contribution in [0, 0.1) is 0 Å². The van der Waals surface area contributed by atoms with E-state index in [9.17, 15) is 5.11 Å². The van der Waals surface area contributed by atoms with Crippen molar-refractivity contribution in [2.75, 3.05) is 13.1 Å². The number of aliphatic hydroxyl groups is 1. The van der Waals surface area contributed by atoms with Gasteiger partial charge < -0.3 is 5.11 Å². The van der Waals surface area contributed by atoms with Gasteiger partial charge in [0.15, 0.2) is 0 Å². The molecule has 0 aromatic heterocycles. The van der Waals surface area contributed by atoms with Crippen LogP contribution in [0.15, 0.2) is 12.7 Å². The van der Waals surface area contributed by atoms with Crippen LogP contribution in [0.5, 0.6) is 0 Å². The number of hydrogen-bond acceptors (Lipinski definition) is 2. The van der Waals surface area contributed by atoms with E-state index in [4.69, 9.17) is 0 Å². The predicted molar refractivity (Wildman–Crippen MR) is 62.4 cm³/mol. The Morgan fingerprint density at radius 2 is 1.86 bits per heavy atom. The third-order valence-electron chi connectivity index (χ3n) is 3.04. The van der Waals surface area contributed by atoms with Crippen LogP contribution in [0.25, 0.3) is 0 Å². The Hall–Kier alpha value is -0.340. The fourth-order valence-electron chi connectivity index (χ4n) is 1.88. The Balaban J connectivity index is 4.32. The SMILES string of the molecule is C=CCCC(O)C(C)(C)N(CC)CC. The molecule has 1 N–H and O–H groups in total. The van der Waals surface area contributed by atoms with Gasteiger partial charge in [0, 0.05) is 5.54 Å². The highest BCUT2D eigenvalue weighted by Gasteiger charge is 2.31. The molecule has 1 unspecified atom stereocenters. The fourth-order valence-corrected chi connectivity index (χ4v) is 1.88. The summed E-state index contributed by atoms with van der Waals surface area (Å²) in [6, 6.07) is 0. The van der Waals surface area contributed by atoms with E-state index in [1.54, 1.807) is 0 Å². The number of hydrogen-bond donors (Lipinski definition) is 1. The lowest BCUT2D eigenvalue weighted by molar-refractivity contribution is -0.00851. The number of likely N-dealkylation sites (N-methyl/N-ethyl adjacent to an activating group) is 1. The van der Waals surface area contributed by atoms with Crippen molar-refractivity contribution in [2.45, 2.75) is 52.2 Å². The molecule has 0 saturated carbocycles. The highest BCUT2D eigenvalue weighted by atomic mass is 16.3. The monoisotopic (exact) mass is 199 g/mol. The van der Waals surface area contributed by atoms with Gasteiger partial charge in [-0.05, 0) is 39.8 Å². The molecule has 14 heavy (non-hydrogen) atoms. The Labute approximate surface area is 88.6 Å². The van der Waals surface area contributed by atoms with Crippen molar-refractivity contribution in [3.8, 4) is 0 Å². The molecular weight excluding hydrogens is 174 g/mol. The molecule has 0 aromatic carbocycles. The molecule has 0 rings (SSSR count). The minimum absolute atomic E-state index is 0.132. The summed E-state index contributed by atoms with van der Waals surface area (Å²) in [6.07, 6.45) is 3.26. The fraction of sp³-hybridized carbons (Fsp3) is 0.833. The lowest BCUT2D eigenvalue weighted by Gasteiger charge is -2.41. The Morgan fingerprint density at radius 3 is 2.21 bits per heavy atom. The molecule has 0 bridgehead atoms. The van der Waals surface area contributed by atoms with E-state index in [2.05, 4.69) is 39.2 Å². The van der Waals surface area contributed by atoms with Crippen LogP contribution in [0.1, 0.15) is 40.5 Å². The molecule has 2 heteroatoms. The van der Waals surface area contributed by atoms with Crippen LogP contribution in [-0.2, 0) is 0 Å². The third kappa shape index (κ3) is 3.43. The second-order valence-electron chi connectivity index (χ2n) is 4.21. The summed E-state index contributed by atoms with van der Waals surface area (Å²) < 4.78 is 0. The van der Waals surface area contributed by atoms with E-state index >= 15 is 0 Å². The standard InChI is InChI=1S/C12H25NO/c1-6-9-10-11(14)12(4,5)13(7-2)8-3/h6,11,14H,1,7-10H2,2-5H3. The number of nitrogens with zero attached hydrogens (tertiary/aromatic N) is 1. The molecular formula is C12H25NO. The molecule has 0 saturated heterocycles. The molecule has 0 aliphatic carbocycles. The first-order chi connectivity index (χ1) is 6.50. The quantitative estimate of drug-likeness (QED) is 0.637. The van der Waals surface area contributed by atoms with E-state index in [0.29, 0.717) is 0 Å². The highest BCUT2D eigenvalue weighted by molar-refractivity contribution is 4.89. The normalized spacial score (nSPS) is 14.4. The van der Waals surface area contributed by atoms with Crippen LogP contribution in [-0.4, -0.2) is 34.7 Å². The van der Waals surface area contributed by atoms with Gasteiger partial charge in [0.05, 0.1) is 6.10 Å². The van der Waals surface area contributed by atoms with Gasteiger partial charge >= 0.3 is 0 Å². The zero-order valence-corrected chi connectivity index (χ0v) is 10.1. The van der Waals surface area contributed by atoms with Gasteiger partial charge in [0.1, 0.15) is 0 Å². The molecule has 0 heterocycles. The van der Waals surface area contributed by atoms with E-state index in [1.807, 2.05) is 6.08 Å². The van der Waals surface area contributed by atoms with Gasteiger partial charge in [0.2, 0.25) is 0 Å². The second kappa shape index (κ2) is 6.20. The summed E-state index contributed by atoms with van der Waals surface area (Å²) in [4.78, 5) is 2.29. The zero-order chi connectivity index (χ0) is 11.2. The van der Waals surface area contributed by atoms with Crippen LogP contribution in [0.4, 0.5) is 0 Å². The van der Waals surface area contributed by atoms with Crippen molar-refractivity contribution in [3.05, 3.63) is 12.7 Å². The van der Waals surface area contributed by atoms with Crippen molar-refractivity contribution in [3.63, 3.8) is 0 Å². The van der Waals surface area contributed by atoms with Gasteiger partial charge in [-0.15, -0.1) is 6.58 Å². The zero-order valence-electron chi connectivity index (χ0n) is 10.1. The summed E-state index contributed by atoms with van der Waals surface area (Å²) >= 11 is 0. The van der Waals surface area contributed by atoms with Gasteiger partial charge in [-0.3, -0.25) is 4.90 Å². The summed E-state index contributed by atoms with van der Waals surface area (Å²) in [7, 11) is 0. The van der Waals surface area contributed by atoms with Gasteiger partial charge in [0.25, 0.3) is 0 Å². The van der Waals surface area contributed by atoms with Crippen LogP contribution < -0.4 is 0 Å². The molecule has 0 radical (unpaired) electrons. The molecule has 0 aliphatic heterocycles. The summed E-state index contributed by atoms with van der Waals surface area (Å²) in [5.74, 6) is 0. The highest BCUT2D eigenvalue weighted by Crippen LogP contribution is 2.21. The molecule has 1 atom stereocenters. The number of allylic oxidation sites excluding steroid dienone is 1. The first kappa shape index (κ1) is 13.7. The average Bonchev–Trinajstić information content (AvgIpc) is 2.15. The maximum absolute atomic E-state index is 10.1. The van der Waals surface area contributed by atoms with Gasteiger partial charge in [-0.2, -0.15) is 0 Å². The van der Waals surface area contributed by atoms with Crippen molar-refractivity contribution in [1.82, 2.24) is 4.90 Å². The summed E-state index contributed by atoms with van der Waals surface area (Å²) in [6.45, 7) is 14.1. The molecule has 0 fully saturated rings. The molecule has 2 nitrogen and oxygen atoms in total. The van der Waals surface area contributed by atoms with E-state index in [1.165, 1.54) is 0 Å². The minimum Gasteiger partial charge on any atom is -0.391 e. The van der Waals surface area contributed by atoms with Crippen LogP contribution in [0.2, 0.25) is 0 Å². The predicted octanol–water partition coefficient (Wildman–Crippen LogP) is 2.43. The Bertz CT molecular complexity index is 162. The first-order valence-electron chi connectivity index (χ1n) is 5.54. The maximum Gasteiger partial charge on any atom is 0.0721 e. The van der Waals surface area contributed by atoms with Crippen molar-refractivity contribution < 1.29 is 5.11 Å². The van der Waals surface area contributed by atoms with E-state index in [-0.39, 0.29) is 11.6 Å². The Morgan fingerprint density at radius 1 is 1.36 bits per heavy atom. The molecule has 84 valence electrons. The second-order valence-corrected chi connectivity index (χ2v) is 4.21. The van der Waals surface area contributed by atoms with Gasteiger partial charge in [-0.1, -0.05) is 19.9 Å². The summed E-state index contributed by atoms with van der Waals surface area (Å²) in [5, 5.41) is 10.1. The van der Waals surface area contributed by atoms with E-state index in [0.717, 1.165) is 25.9 Å². The largest absolute Gasteiger partial charge is 0.391 e. The van der Waals surface area contributed by atoms with Crippen LogP contribution >= 0.6 is 0 Å². The van der Waals surface area contributed by atoms with Crippen LogP contribution in [0.3, 0.4) is 0 Å². The van der Waals surface area contributed by atoms with Gasteiger partial charge in [-0.25, -0.2) is 0 Å². The lowest BCUT2D eigenvalue weighted by Crippen LogP contribution is -2.52.